The van der Waals surface area contributed by atoms with Crippen molar-refractivity contribution < 1.29 is 23.8 Å². The Bertz CT molecular complexity index is 459. The summed E-state index contributed by atoms with van der Waals surface area (Å²) in [5.74, 6) is -1.59. The van der Waals surface area contributed by atoms with Gasteiger partial charge in [0.15, 0.2) is 12.1 Å². The number of carboxylic acid groups (broad SMARTS) is 1. The molecule has 0 bridgehead atoms. The van der Waals surface area contributed by atoms with E-state index in [1.165, 1.54) is 31.3 Å². The van der Waals surface area contributed by atoms with Crippen LogP contribution in [-0.2, 0) is 9.53 Å². The highest BCUT2D eigenvalue weighted by Gasteiger charge is 2.45. The fraction of sp³-hybridized carbons (Fsp3) is 0.273. The van der Waals surface area contributed by atoms with Crippen LogP contribution in [0.15, 0.2) is 24.3 Å². The van der Waals surface area contributed by atoms with Crippen LogP contribution in [0, 0.1) is 5.82 Å². The van der Waals surface area contributed by atoms with Crippen LogP contribution in [0.25, 0.3) is 0 Å². The van der Waals surface area contributed by atoms with Crippen LogP contribution in [-0.4, -0.2) is 35.2 Å². The number of cyclic esters (lactones) is 1. The van der Waals surface area contributed by atoms with Crippen LogP contribution in [0.1, 0.15) is 11.7 Å². The number of amides is 1. The number of carbonyl (C=O) groups excluding carboxylic acids is 1. The number of nitrogens with zero attached hydrogens (tertiary/aromatic N) is 1. The average Bonchev–Trinajstić information content (AvgIpc) is 2.56. The number of aliphatic carboxylic acids is 1. The topological polar surface area (TPSA) is 66.8 Å². The lowest BCUT2D eigenvalue weighted by Crippen LogP contribution is -2.37. The molecule has 1 amide bonds. The van der Waals surface area contributed by atoms with Gasteiger partial charge in [-0.25, -0.2) is 14.0 Å². The Morgan fingerprint density at radius 3 is 2.53 bits per heavy atom. The van der Waals surface area contributed by atoms with Crippen LogP contribution in [0.5, 0.6) is 0 Å². The van der Waals surface area contributed by atoms with Gasteiger partial charge in [-0.15, -0.1) is 0 Å². The van der Waals surface area contributed by atoms with Gasteiger partial charge in [0.25, 0.3) is 0 Å². The molecule has 2 unspecified atom stereocenters. The van der Waals surface area contributed by atoms with Crippen molar-refractivity contribution in [2.75, 3.05) is 7.05 Å². The van der Waals surface area contributed by atoms with Crippen molar-refractivity contribution in [3.8, 4) is 0 Å². The summed E-state index contributed by atoms with van der Waals surface area (Å²) in [6.07, 6.45) is -1.61. The molecule has 1 saturated heterocycles. The molecule has 0 radical (unpaired) electrons. The molecular formula is C11H10FNO4. The maximum absolute atomic E-state index is 12.7. The summed E-state index contributed by atoms with van der Waals surface area (Å²) in [5, 5.41) is 9.04. The van der Waals surface area contributed by atoms with E-state index in [-0.39, 0.29) is 0 Å². The number of likely N-dealkylation sites (N-methyl/N-ethyl adjacent to an activating group) is 1. The molecule has 0 aliphatic carbocycles. The number of rotatable bonds is 2. The van der Waals surface area contributed by atoms with Crippen LogP contribution in [0.4, 0.5) is 9.18 Å². The van der Waals surface area contributed by atoms with E-state index < -0.39 is 30.0 Å². The molecule has 2 atom stereocenters. The highest BCUT2D eigenvalue weighted by molar-refractivity contribution is 5.84. The van der Waals surface area contributed by atoms with Gasteiger partial charge in [-0.1, -0.05) is 12.1 Å². The van der Waals surface area contributed by atoms with Gasteiger partial charge < -0.3 is 9.84 Å². The molecule has 1 aromatic carbocycles. The molecule has 5 nitrogen and oxygen atoms in total. The summed E-state index contributed by atoms with van der Waals surface area (Å²) in [6.45, 7) is 0. The van der Waals surface area contributed by atoms with Gasteiger partial charge in [0, 0.05) is 7.05 Å². The minimum Gasteiger partial charge on any atom is -0.480 e. The molecule has 0 saturated carbocycles. The zero-order valence-electron chi connectivity index (χ0n) is 8.96. The van der Waals surface area contributed by atoms with E-state index in [4.69, 9.17) is 9.84 Å². The smallest absolute Gasteiger partial charge is 0.411 e. The van der Waals surface area contributed by atoms with Gasteiger partial charge in [-0.05, 0) is 17.7 Å². The Hall–Kier alpha value is -2.11. The lowest BCUT2D eigenvalue weighted by molar-refractivity contribution is -0.142. The van der Waals surface area contributed by atoms with Crippen molar-refractivity contribution in [3.63, 3.8) is 0 Å². The first-order chi connectivity index (χ1) is 8.00. The van der Waals surface area contributed by atoms with Gasteiger partial charge in [-0.2, -0.15) is 0 Å². The van der Waals surface area contributed by atoms with E-state index in [2.05, 4.69) is 0 Å². The lowest BCUT2D eigenvalue weighted by Gasteiger charge is -2.16. The highest BCUT2D eigenvalue weighted by Crippen LogP contribution is 2.31. The molecular weight excluding hydrogens is 229 g/mol. The number of hydrogen-bond acceptors (Lipinski definition) is 3. The van der Waals surface area contributed by atoms with E-state index in [9.17, 15) is 14.0 Å². The Kier molecular flexibility index (Phi) is 2.71. The van der Waals surface area contributed by atoms with Crippen molar-refractivity contribution in [2.24, 2.45) is 0 Å². The Morgan fingerprint density at radius 1 is 1.41 bits per heavy atom. The second-order valence-electron chi connectivity index (χ2n) is 3.75. The summed E-state index contributed by atoms with van der Waals surface area (Å²) >= 11 is 0. The summed E-state index contributed by atoms with van der Waals surface area (Å²) < 4.78 is 17.7. The van der Waals surface area contributed by atoms with E-state index in [0.717, 1.165) is 4.90 Å². The molecule has 1 heterocycles. The Balaban J connectivity index is 2.34. The second-order valence-corrected chi connectivity index (χ2v) is 3.75. The van der Waals surface area contributed by atoms with Gasteiger partial charge in [0.1, 0.15) is 5.82 Å². The minimum absolute atomic E-state index is 0.432. The number of carbonyl (C=O) groups is 2. The largest absolute Gasteiger partial charge is 0.480 e. The number of hydrogen-bond donors (Lipinski definition) is 1. The van der Waals surface area contributed by atoms with E-state index in [1.54, 1.807) is 0 Å². The summed E-state index contributed by atoms with van der Waals surface area (Å²) in [6, 6.07) is 4.11. The SMILES string of the molecule is CN1C(=O)OC(c2ccc(F)cc2)C1C(=O)O. The van der Waals surface area contributed by atoms with Crippen LogP contribution < -0.4 is 0 Å². The molecule has 1 N–H and O–H groups in total. The third-order valence-corrected chi connectivity index (χ3v) is 2.67. The molecule has 6 heteroatoms. The summed E-state index contributed by atoms with van der Waals surface area (Å²) in [7, 11) is 1.35. The maximum Gasteiger partial charge on any atom is 0.411 e. The van der Waals surface area contributed by atoms with Gasteiger partial charge in [0.2, 0.25) is 0 Å². The van der Waals surface area contributed by atoms with Crippen molar-refractivity contribution >= 4 is 12.1 Å². The predicted molar refractivity (Wildman–Crippen MR) is 54.8 cm³/mol. The monoisotopic (exact) mass is 239 g/mol. The molecule has 1 aromatic rings. The van der Waals surface area contributed by atoms with Gasteiger partial charge in [-0.3, -0.25) is 4.90 Å². The fourth-order valence-corrected chi connectivity index (χ4v) is 1.77. The third-order valence-electron chi connectivity index (χ3n) is 2.67. The second kappa shape index (κ2) is 4.04. The highest BCUT2D eigenvalue weighted by atomic mass is 19.1. The first-order valence-corrected chi connectivity index (χ1v) is 4.92. The molecule has 90 valence electrons. The number of ether oxygens (including phenoxy) is 1. The average molecular weight is 239 g/mol. The van der Waals surface area contributed by atoms with Crippen molar-refractivity contribution in [2.45, 2.75) is 12.1 Å². The first kappa shape index (κ1) is 11.4. The van der Waals surface area contributed by atoms with Crippen molar-refractivity contribution in [1.29, 1.82) is 0 Å². The van der Waals surface area contributed by atoms with Gasteiger partial charge in [0.05, 0.1) is 0 Å². The number of halogens is 1. The zero-order chi connectivity index (χ0) is 12.6. The molecule has 1 aliphatic rings. The predicted octanol–water partition coefficient (Wildman–Crippen LogP) is 1.40. The van der Waals surface area contributed by atoms with Crippen LogP contribution >= 0.6 is 0 Å². The van der Waals surface area contributed by atoms with E-state index >= 15 is 0 Å². The maximum atomic E-state index is 12.7. The molecule has 17 heavy (non-hydrogen) atoms. The Labute approximate surface area is 96.4 Å². The molecule has 2 rings (SSSR count). The molecule has 0 aromatic heterocycles. The van der Waals surface area contributed by atoms with E-state index in [0.29, 0.717) is 5.56 Å². The van der Waals surface area contributed by atoms with Crippen molar-refractivity contribution in [1.82, 2.24) is 4.90 Å². The third kappa shape index (κ3) is 1.93. The Morgan fingerprint density at radius 2 is 2.00 bits per heavy atom. The number of benzene rings is 1. The molecule has 1 fully saturated rings. The fourth-order valence-electron chi connectivity index (χ4n) is 1.77. The lowest BCUT2D eigenvalue weighted by atomic mass is 10.0. The first-order valence-electron chi connectivity index (χ1n) is 4.92. The number of carboxylic acids is 1. The van der Waals surface area contributed by atoms with E-state index in [1.807, 2.05) is 0 Å². The quantitative estimate of drug-likeness (QED) is 0.847. The van der Waals surface area contributed by atoms with Crippen LogP contribution in [0.3, 0.4) is 0 Å². The normalized spacial score (nSPS) is 23.6. The minimum atomic E-state index is -1.16. The zero-order valence-corrected chi connectivity index (χ0v) is 8.96. The summed E-state index contributed by atoms with van der Waals surface area (Å²) in [5.41, 5.74) is 0.455. The molecule has 1 aliphatic heterocycles. The van der Waals surface area contributed by atoms with Crippen molar-refractivity contribution in [3.05, 3.63) is 35.6 Å². The molecule has 0 spiro atoms. The van der Waals surface area contributed by atoms with Gasteiger partial charge >= 0.3 is 12.1 Å². The van der Waals surface area contributed by atoms with Crippen LogP contribution in [0.2, 0.25) is 0 Å². The summed E-state index contributed by atoms with van der Waals surface area (Å²) in [4.78, 5) is 23.4. The standard InChI is InChI=1S/C11H10FNO4/c1-13-8(10(14)15)9(17-11(13)16)6-2-4-7(12)5-3-6/h2-5,8-9H,1H3,(H,14,15).